The van der Waals surface area contributed by atoms with E-state index in [1.807, 2.05) is 79.7 Å². The van der Waals surface area contributed by atoms with Gasteiger partial charge >= 0.3 is 0 Å². The molecule has 0 radical (unpaired) electrons. The molecular weight excluding hydrogens is 320 g/mol. The minimum Gasteiger partial charge on any atom is -0.320 e. The van der Waals surface area contributed by atoms with E-state index in [2.05, 4.69) is 22.4 Å². The van der Waals surface area contributed by atoms with Gasteiger partial charge in [0.15, 0.2) is 0 Å². The second kappa shape index (κ2) is 6.81. The Kier molecular flexibility index (Phi) is 4.20. The number of nitrogens with one attached hydrogen (secondary N) is 1. The smallest absolute Gasteiger partial charge is 0.255 e. The number of benzene rings is 3. The van der Waals surface area contributed by atoms with Crippen molar-refractivity contribution >= 4 is 22.5 Å². The molecule has 0 bridgehead atoms. The first-order valence-corrected chi connectivity index (χ1v) is 8.54. The molecule has 26 heavy (non-hydrogen) atoms. The largest absolute Gasteiger partial charge is 0.320 e. The van der Waals surface area contributed by atoms with Gasteiger partial charge in [0, 0.05) is 16.6 Å². The number of rotatable bonds is 3. The van der Waals surface area contributed by atoms with E-state index in [4.69, 9.17) is 0 Å². The molecular formula is C23H18N2O. The van der Waals surface area contributed by atoms with Gasteiger partial charge in [0.05, 0.1) is 11.2 Å². The summed E-state index contributed by atoms with van der Waals surface area (Å²) in [6.45, 7) is 1.94. The number of fused-ring (bicyclic) bond motifs is 1. The van der Waals surface area contributed by atoms with Crippen LogP contribution in [0.5, 0.6) is 0 Å². The van der Waals surface area contributed by atoms with E-state index in [-0.39, 0.29) is 5.91 Å². The average Bonchev–Trinajstić information content (AvgIpc) is 2.69. The maximum atomic E-state index is 12.7. The van der Waals surface area contributed by atoms with Crippen LogP contribution in [0.15, 0.2) is 84.9 Å². The van der Waals surface area contributed by atoms with Gasteiger partial charge in [-0.05, 0) is 42.3 Å². The Morgan fingerprint density at radius 1 is 0.769 bits per heavy atom. The molecule has 1 amide bonds. The number of amides is 1. The molecule has 4 rings (SSSR count). The van der Waals surface area contributed by atoms with Gasteiger partial charge in [0.1, 0.15) is 0 Å². The molecule has 0 aliphatic heterocycles. The standard InChI is InChI=1S/C23H18N2O/c1-16-10-11-19-8-5-9-21(22(19)24-16)25-23(26)20-14-12-18(13-15-20)17-6-3-2-4-7-17/h2-15H,1H3,(H,25,26). The summed E-state index contributed by atoms with van der Waals surface area (Å²) in [7, 11) is 0. The molecule has 1 heterocycles. The fraction of sp³-hybridized carbons (Fsp3) is 0.0435. The van der Waals surface area contributed by atoms with Crippen LogP contribution in [0.25, 0.3) is 22.0 Å². The summed E-state index contributed by atoms with van der Waals surface area (Å²) in [5.41, 5.74) is 5.30. The van der Waals surface area contributed by atoms with E-state index >= 15 is 0 Å². The number of nitrogens with zero attached hydrogens (tertiary/aromatic N) is 1. The van der Waals surface area contributed by atoms with Crippen LogP contribution in [-0.2, 0) is 0 Å². The van der Waals surface area contributed by atoms with Gasteiger partial charge in [0.25, 0.3) is 5.91 Å². The summed E-state index contributed by atoms with van der Waals surface area (Å²) < 4.78 is 0. The van der Waals surface area contributed by atoms with Gasteiger partial charge in [0.2, 0.25) is 0 Å². The highest BCUT2D eigenvalue weighted by Crippen LogP contribution is 2.23. The summed E-state index contributed by atoms with van der Waals surface area (Å²) in [5.74, 6) is -0.139. The number of carbonyl (C=O) groups excluding carboxylic acids is 1. The van der Waals surface area contributed by atoms with Crippen LogP contribution in [0, 0.1) is 6.92 Å². The first-order chi connectivity index (χ1) is 12.7. The SMILES string of the molecule is Cc1ccc2cccc(NC(=O)c3ccc(-c4ccccc4)cc3)c2n1. The molecule has 0 spiro atoms. The topological polar surface area (TPSA) is 42.0 Å². The van der Waals surface area contributed by atoms with Crippen molar-refractivity contribution in [2.24, 2.45) is 0 Å². The summed E-state index contributed by atoms with van der Waals surface area (Å²) >= 11 is 0. The Balaban J connectivity index is 1.60. The molecule has 0 unspecified atom stereocenters. The van der Waals surface area contributed by atoms with E-state index < -0.39 is 0 Å². The zero-order valence-corrected chi connectivity index (χ0v) is 14.4. The number of anilines is 1. The van der Waals surface area contributed by atoms with Gasteiger partial charge < -0.3 is 5.32 Å². The molecule has 3 aromatic carbocycles. The van der Waals surface area contributed by atoms with Crippen molar-refractivity contribution in [2.75, 3.05) is 5.32 Å². The van der Waals surface area contributed by atoms with E-state index in [1.165, 1.54) is 0 Å². The Morgan fingerprint density at radius 2 is 1.50 bits per heavy atom. The van der Waals surface area contributed by atoms with E-state index in [0.29, 0.717) is 5.56 Å². The first kappa shape index (κ1) is 16.0. The number of hydrogen-bond donors (Lipinski definition) is 1. The minimum atomic E-state index is -0.139. The number of aromatic nitrogens is 1. The van der Waals surface area contributed by atoms with Gasteiger partial charge in [-0.2, -0.15) is 0 Å². The van der Waals surface area contributed by atoms with Crippen LogP contribution in [0.4, 0.5) is 5.69 Å². The van der Waals surface area contributed by atoms with E-state index in [0.717, 1.165) is 33.4 Å². The second-order valence-corrected chi connectivity index (χ2v) is 6.23. The second-order valence-electron chi connectivity index (χ2n) is 6.23. The number of para-hydroxylation sites is 1. The highest BCUT2D eigenvalue weighted by atomic mass is 16.1. The van der Waals surface area contributed by atoms with Crippen LogP contribution < -0.4 is 5.32 Å². The normalized spacial score (nSPS) is 10.7. The summed E-state index contributed by atoms with van der Waals surface area (Å²) in [6.07, 6.45) is 0. The van der Waals surface area contributed by atoms with Crippen molar-refractivity contribution < 1.29 is 4.79 Å². The molecule has 0 fully saturated rings. The molecule has 0 atom stereocenters. The van der Waals surface area contributed by atoms with E-state index in [1.54, 1.807) is 0 Å². The lowest BCUT2D eigenvalue weighted by Crippen LogP contribution is -2.12. The molecule has 0 saturated heterocycles. The van der Waals surface area contributed by atoms with Gasteiger partial charge in [-0.3, -0.25) is 9.78 Å². The predicted octanol–water partition coefficient (Wildman–Crippen LogP) is 5.46. The van der Waals surface area contributed by atoms with Crippen LogP contribution >= 0.6 is 0 Å². The van der Waals surface area contributed by atoms with Crippen molar-refractivity contribution in [2.45, 2.75) is 6.92 Å². The number of pyridine rings is 1. The lowest BCUT2D eigenvalue weighted by molar-refractivity contribution is 0.102. The maximum Gasteiger partial charge on any atom is 0.255 e. The monoisotopic (exact) mass is 338 g/mol. The highest BCUT2D eigenvalue weighted by molar-refractivity contribution is 6.08. The predicted molar refractivity (Wildman–Crippen MR) is 106 cm³/mol. The molecule has 126 valence electrons. The molecule has 4 aromatic rings. The Bertz CT molecular complexity index is 1070. The van der Waals surface area contributed by atoms with Crippen molar-refractivity contribution in [3.8, 4) is 11.1 Å². The van der Waals surface area contributed by atoms with Crippen LogP contribution in [0.3, 0.4) is 0 Å². The Morgan fingerprint density at radius 3 is 2.27 bits per heavy atom. The lowest BCUT2D eigenvalue weighted by Gasteiger charge is -2.09. The van der Waals surface area contributed by atoms with E-state index in [9.17, 15) is 4.79 Å². The fourth-order valence-corrected chi connectivity index (χ4v) is 2.98. The van der Waals surface area contributed by atoms with Crippen molar-refractivity contribution in [1.82, 2.24) is 4.98 Å². The molecule has 0 aliphatic rings. The van der Waals surface area contributed by atoms with Crippen LogP contribution in [0.1, 0.15) is 16.1 Å². The Hall–Kier alpha value is -3.46. The van der Waals surface area contributed by atoms with Gasteiger partial charge in [-0.1, -0.05) is 60.7 Å². The highest BCUT2D eigenvalue weighted by Gasteiger charge is 2.10. The summed E-state index contributed by atoms with van der Waals surface area (Å²) in [5, 5.41) is 3.99. The third kappa shape index (κ3) is 3.20. The first-order valence-electron chi connectivity index (χ1n) is 8.54. The molecule has 1 aromatic heterocycles. The minimum absolute atomic E-state index is 0.139. The number of aryl methyl sites for hydroxylation is 1. The zero-order valence-electron chi connectivity index (χ0n) is 14.4. The van der Waals surface area contributed by atoms with Gasteiger partial charge in [-0.15, -0.1) is 0 Å². The lowest BCUT2D eigenvalue weighted by atomic mass is 10.0. The van der Waals surface area contributed by atoms with Crippen molar-refractivity contribution in [3.63, 3.8) is 0 Å². The fourth-order valence-electron chi connectivity index (χ4n) is 2.98. The summed E-state index contributed by atoms with van der Waals surface area (Å²) in [6, 6.07) is 27.5. The summed E-state index contributed by atoms with van der Waals surface area (Å²) in [4.78, 5) is 17.2. The van der Waals surface area contributed by atoms with Crippen LogP contribution in [-0.4, -0.2) is 10.9 Å². The quantitative estimate of drug-likeness (QED) is 0.539. The number of carbonyl (C=O) groups is 1. The van der Waals surface area contributed by atoms with Crippen molar-refractivity contribution in [1.29, 1.82) is 0 Å². The maximum absolute atomic E-state index is 12.7. The Labute approximate surface area is 152 Å². The molecule has 3 heteroatoms. The molecule has 0 saturated carbocycles. The third-order valence-corrected chi connectivity index (χ3v) is 4.36. The number of hydrogen-bond acceptors (Lipinski definition) is 2. The molecule has 1 N–H and O–H groups in total. The third-order valence-electron chi connectivity index (χ3n) is 4.36. The van der Waals surface area contributed by atoms with Crippen molar-refractivity contribution in [3.05, 3.63) is 96.2 Å². The molecule has 3 nitrogen and oxygen atoms in total. The zero-order chi connectivity index (χ0) is 17.9. The van der Waals surface area contributed by atoms with Crippen LogP contribution in [0.2, 0.25) is 0 Å². The van der Waals surface area contributed by atoms with Gasteiger partial charge in [-0.25, -0.2) is 0 Å². The average molecular weight is 338 g/mol. The molecule has 0 aliphatic carbocycles.